The lowest BCUT2D eigenvalue weighted by Gasteiger charge is -2.10. The van der Waals surface area contributed by atoms with Gasteiger partial charge in [0, 0.05) is 17.8 Å². The van der Waals surface area contributed by atoms with Crippen molar-refractivity contribution in [3.8, 4) is 17.2 Å². The fraction of sp³-hybridized carbons (Fsp3) is 0.167. The van der Waals surface area contributed by atoms with Gasteiger partial charge in [-0.25, -0.2) is 9.37 Å². The number of hydrogen-bond donors (Lipinski definition) is 1. The van der Waals surface area contributed by atoms with Gasteiger partial charge in [-0.2, -0.15) is 0 Å². The van der Waals surface area contributed by atoms with Gasteiger partial charge in [0.2, 0.25) is 0 Å². The Kier molecular flexibility index (Phi) is 6.12. The van der Waals surface area contributed by atoms with E-state index >= 15 is 0 Å². The maximum Gasteiger partial charge on any atom is 0.251 e. The van der Waals surface area contributed by atoms with Gasteiger partial charge in [-0.15, -0.1) is 0 Å². The van der Waals surface area contributed by atoms with Crippen molar-refractivity contribution in [1.82, 2.24) is 14.9 Å². The Morgan fingerprint density at radius 2 is 1.61 bits per heavy atom. The number of halogens is 1. The van der Waals surface area contributed by atoms with E-state index in [1.165, 1.54) is 12.1 Å². The summed E-state index contributed by atoms with van der Waals surface area (Å²) in [5, 5.41) is 2.79. The first-order chi connectivity index (χ1) is 15.1. The van der Waals surface area contributed by atoms with Crippen LogP contribution < -0.4 is 14.8 Å². The van der Waals surface area contributed by atoms with Gasteiger partial charge in [0.05, 0.1) is 11.0 Å². The van der Waals surface area contributed by atoms with Crippen LogP contribution in [0.2, 0.25) is 0 Å². The van der Waals surface area contributed by atoms with Crippen LogP contribution in [-0.2, 0) is 0 Å². The molecule has 0 atom stereocenters. The molecule has 4 aromatic rings. The summed E-state index contributed by atoms with van der Waals surface area (Å²) < 4.78 is 26.1. The summed E-state index contributed by atoms with van der Waals surface area (Å²) in [6, 6.07) is 19.0. The molecule has 1 heterocycles. The van der Waals surface area contributed by atoms with Crippen molar-refractivity contribution in [2.75, 3.05) is 19.8 Å². The van der Waals surface area contributed by atoms with Crippen LogP contribution in [0.5, 0.6) is 11.5 Å². The van der Waals surface area contributed by atoms with Crippen LogP contribution >= 0.6 is 0 Å². The van der Waals surface area contributed by atoms with Crippen molar-refractivity contribution in [2.24, 2.45) is 0 Å². The highest BCUT2D eigenvalue weighted by Gasteiger charge is 2.09. The lowest BCUT2D eigenvalue weighted by atomic mass is 10.2. The first kappa shape index (κ1) is 20.4. The van der Waals surface area contributed by atoms with Gasteiger partial charge in [0.25, 0.3) is 5.91 Å². The number of rotatable bonds is 8. The van der Waals surface area contributed by atoms with E-state index in [-0.39, 0.29) is 11.7 Å². The summed E-state index contributed by atoms with van der Waals surface area (Å²) in [5.41, 5.74) is 3.19. The Morgan fingerprint density at radius 1 is 0.968 bits per heavy atom. The molecule has 1 N–H and O–H groups in total. The third-order valence-corrected chi connectivity index (χ3v) is 4.70. The highest BCUT2D eigenvalue weighted by Crippen LogP contribution is 2.22. The zero-order valence-corrected chi connectivity index (χ0v) is 17.0. The number of carbonyl (C=O) groups excluding carboxylic acids is 1. The lowest BCUT2D eigenvalue weighted by molar-refractivity contribution is 0.0956. The number of aromatic nitrogens is 2. The summed E-state index contributed by atoms with van der Waals surface area (Å²) in [5.74, 6) is 0.915. The fourth-order valence-corrected chi connectivity index (χ4v) is 3.18. The monoisotopic (exact) mass is 419 g/mol. The van der Waals surface area contributed by atoms with Crippen LogP contribution in [0.15, 0.2) is 73.1 Å². The first-order valence-electron chi connectivity index (χ1n) is 10.0. The van der Waals surface area contributed by atoms with E-state index in [1.54, 1.807) is 30.6 Å². The van der Waals surface area contributed by atoms with Crippen LogP contribution in [-0.4, -0.2) is 35.2 Å². The Hall–Kier alpha value is -3.87. The second-order valence-electron chi connectivity index (χ2n) is 6.82. The SMILES string of the molecule is CCNC(=O)c1ccc2c(c1)ncn2-c1ccc(OCCOc2ccc(F)cc2)cc1. The molecule has 0 unspecified atom stereocenters. The largest absolute Gasteiger partial charge is 0.490 e. The van der Waals surface area contributed by atoms with Gasteiger partial charge in [-0.1, -0.05) is 0 Å². The summed E-state index contributed by atoms with van der Waals surface area (Å²) >= 11 is 0. The second-order valence-corrected chi connectivity index (χ2v) is 6.82. The predicted octanol–water partition coefficient (Wildman–Crippen LogP) is 4.37. The van der Waals surface area contributed by atoms with Crippen molar-refractivity contribution in [3.63, 3.8) is 0 Å². The lowest BCUT2D eigenvalue weighted by Crippen LogP contribution is -2.22. The molecule has 1 aromatic heterocycles. The molecule has 0 bridgehead atoms. The number of imidazole rings is 1. The van der Waals surface area contributed by atoms with Crippen molar-refractivity contribution in [2.45, 2.75) is 6.92 Å². The number of carbonyl (C=O) groups is 1. The van der Waals surface area contributed by atoms with Gasteiger partial charge in [-0.3, -0.25) is 9.36 Å². The molecule has 6 nitrogen and oxygen atoms in total. The minimum Gasteiger partial charge on any atom is -0.490 e. The van der Waals surface area contributed by atoms with Crippen molar-refractivity contribution < 1.29 is 18.7 Å². The summed E-state index contributed by atoms with van der Waals surface area (Å²) in [7, 11) is 0. The van der Waals surface area contributed by atoms with E-state index in [9.17, 15) is 9.18 Å². The maximum atomic E-state index is 12.9. The Bertz CT molecular complexity index is 1170. The third kappa shape index (κ3) is 4.83. The summed E-state index contributed by atoms with van der Waals surface area (Å²) in [4.78, 5) is 16.4. The Labute approximate surface area is 179 Å². The second kappa shape index (κ2) is 9.30. The molecular formula is C24H22FN3O3. The maximum absolute atomic E-state index is 12.9. The van der Waals surface area contributed by atoms with Crippen molar-refractivity contribution >= 4 is 16.9 Å². The van der Waals surface area contributed by atoms with Crippen LogP contribution in [0.4, 0.5) is 4.39 Å². The molecule has 0 saturated carbocycles. The number of amides is 1. The molecule has 3 aromatic carbocycles. The molecule has 0 radical (unpaired) electrons. The van der Waals surface area contributed by atoms with Gasteiger partial charge in [-0.05, 0) is 73.7 Å². The smallest absolute Gasteiger partial charge is 0.251 e. The zero-order chi connectivity index (χ0) is 21.6. The number of nitrogens with one attached hydrogen (secondary N) is 1. The number of nitrogens with zero attached hydrogens (tertiary/aromatic N) is 2. The minimum absolute atomic E-state index is 0.108. The summed E-state index contributed by atoms with van der Waals surface area (Å²) in [6.45, 7) is 3.19. The molecule has 4 rings (SSSR count). The van der Waals surface area contributed by atoms with Crippen molar-refractivity contribution in [3.05, 3.63) is 84.4 Å². The molecule has 1 amide bonds. The van der Waals surface area contributed by atoms with E-state index in [2.05, 4.69) is 10.3 Å². The predicted molar refractivity (Wildman–Crippen MR) is 116 cm³/mol. The Balaban J connectivity index is 1.38. The summed E-state index contributed by atoms with van der Waals surface area (Å²) in [6.07, 6.45) is 1.73. The number of fused-ring (bicyclic) bond motifs is 1. The fourth-order valence-electron chi connectivity index (χ4n) is 3.18. The standard InChI is InChI=1S/C24H22FN3O3/c1-2-26-24(29)17-3-12-23-22(15-17)27-16-28(23)19-6-10-21(11-7-19)31-14-13-30-20-8-4-18(25)5-9-20/h3-12,15-16H,2,13-14H2,1H3,(H,26,29). The molecule has 31 heavy (non-hydrogen) atoms. The van der Waals surface area contributed by atoms with E-state index < -0.39 is 0 Å². The minimum atomic E-state index is -0.295. The number of hydrogen-bond acceptors (Lipinski definition) is 4. The molecular weight excluding hydrogens is 397 g/mol. The molecule has 7 heteroatoms. The third-order valence-electron chi connectivity index (χ3n) is 4.70. The average molecular weight is 419 g/mol. The molecule has 0 aliphatic carbocycles. The quantitative estimate of drug-likeness (QED) is 0.431. The van der Waals surface area contributed by atoms with E-state index in [0.717, 1.165) is 22.5 Å². The number of ether oxygens (including phenoxy) is 2. The topological polar surface area (TPSA) is 65.4 Å². The highest BCUT2D eigenvalue weighted by atomic mass is 19.1. The Morgan fingerprint density at radius 3 is 2.26 bits per heavy atom. The van der Waals surface area contributed by atoms with Gasteiger partial charge in [0.1, 0.15) is 36.9 Å². The molecule has 0 fully saturated rings. The molecule has 0 spiro atoms. The van der Waals surface area contributed by atoms with Gasteiger partial charge >= 0.3 is 0 Å². The van der Waals surface area contributed by atoms with E-state index in [4.69, 9.17) is 9.47 Å². The van der Waals surface area contributed by atoms with Crippen LogP contribution in [0, 0.1) is 5.82 Å². The average Bonchev–Trinajstić information content (AvgIpc) is 3.22. The van der Waals surface area contributed by atoms with Gasteiger partial charge in [0.15, 0.2) is 0 Å². The molecule has 0 aliphatic heterocycles. The highest BCUT2D eigenvalue weighted by molar-refractivity contribution is 5.97. The van der Waals surface area contributed by atoms with Crippen molar-refractivity contribution in [1.29, 1.82) is 0 Å². The molecule has 0 aliphatic rings. The van der Waals surface area contributed by atoms with Crippen LogP contribution in [0.1, 0.15) is 17.3 Å². The number of benzene rings is 3. The molecule has 158 valence electrons. The molecule has 0 saturated heterocycles. The van der Waals surface area contributed by atoms with E-state index in [0.29, 0.717) is 31.1 Å². The van der Waals surface area contributed by atoms with E-state index in [1.807, 2.05) is 41.8 Å². The zero-order valence-electron chi connectivity index (χ0n) is 17.0. The van der Waals surface area contributed by atoms with Gasteiger partial charge < -0.3 is 14.8 Å². The van der Waals surface area contributed by atoms with Crippen LogP contribution in [0.25, 0.3) is 16.7 Å². The normalized spacial score (nSPS) is 10.8. The first-order valence-corrected chi connectivity index (χ1v) is 10.0. The van der Waals surface area contributed by atoms with Crippen LogP contribution in [0.3, 0.4) is 0 Å².